The van der Waals surface area contributed by atoms with Crippen LogP contribution in [0.5, 0.6) is 0 Å². The Hall–Kier alpha value is 1.38. The fourth-order valence-corrected chi connectivity index (χ4v) is 3.67. The van der Waals surface area contributed by atoms with Crippen molar-refractivity contribution in [3.63, 3.8) is 0 Å². The van der Waals surface area contributed by atoms with E-state index in [-0.39, 0.29) is 0 Å². The molecular weight excluding hydrogens is 402 g/mol. The maximum atomic E-state index is 3.39. The second kappa shape index (κ2) is 5.63. The molecule has 0 saturated heterocycles. The van der Waals surface area contributed by atoms with Crippen LogP contribution in [0.3, 0.4) is 0 Å². The fraction of sp³-hybridized carbons (Fsp3) is 1.00. The van der Waals surface area contributed by atoms with Gasteiger partial charge in [-0.3, -0.25) is 7.06 Å². The zero-order valence-electron chi connectivity index (χ0n) is 9.11. The Kier molecular flexibility index (Phi) is 5.41. The lowest BCUT2D eigenvalue weighted by Gasteiger charge is -2.32. The van der Waals surface area contributed by atoms with Crippen molar-refractivity contribution in [2.24, 2.45) is 17.3 Å². The topological polar surface area (TPSA) is 24.1 Å². The Morgan fingerprint density at radius 2 is 1.86 bits per heavy atom. The summed E-state index contributed by atoms with van der Waals surface area (Å²) >= 11 is 4.56. The van der Waals surface area contributed by atoms with Crippen LogP contribution in [0.2, 0.25) is 0 Å². The molecule has 0 spiro atoms. The maximum absolute atomic E-state index is 3.39. The fourth-order valence-electron chi connectivity index (χ4n) is 2.60. The Morgan fingerprint density at radius 3 is 2.29 bits per heavy atom. The highest BCUT2D eigenvalue weighted by atomic mass is 127. The van der Waals surface area contributed by atoms with E-state index in [4.69, 9.17) is 0 Å². The van der Waals surface area contributed by atoms with Crippen LogP contribution in [0.1, 0.15) is 33.6 Å². The van der Waals surface area contributed by atoms with Crippen molar-refractivity contribution in [1.82, 2.24) is 7.06 Å². The van der Waals surface area contributed by atoms with Gasteiger partial charge >= 0.3 is 0 Å². The molecule has 0 radical (unpaired) electrons. The van der Waals surface area contributed by atoms with Gasteiger partial charge in [0.15, 0.2) is 0 Å². The van der Waals surface area contributed by atoms with Crippen LogP contribution in [0.25, 0.3) is 0 Å². The number of halogens is 2. The standard InChI is InChI=1S/C10H20I2N2/c1-10(2,3)9-5-8(14-12)4-7(9)6-13-11/h7-9,13-14H,4-6H2,1-3H3. The van der Waals surface area contributed by atoms with Gasteiger partial charge in [-0.1, -0.05) is 20.8 Å². The Bertz CT molecular complexity index is 179. The number of hydrogen-bond donors (Lipinski definition) is 2. The molecule has 1 aliphatic rings. The summed E-state index contributed by atoms with van der Waals surface area (Å²) in [5.74, 6) is 1.68. The van der Waals surface area contributed by atoms with Gasteiger partial charge in [-0.15, -0.1) is 0 Å². The van der Waals surface area contributed by atoms with E-state index >= 15 is 0 Å². The molecule has 0 amide bonds. The third-order valence-electron chi connectivity index (χ3n) is 3.30. The summed E-state index contributed by atoms with van der Waals surface area (Å²) in [5, 5.41) is 0. The molecule has 0 aromatic heterocycles. The van der Waals surface area contributed by atoms with Crippen molar-refractivity contribution in [2.75, 3.05) is 6.54 Å². The minimum atomic E-state index is 0.445. The van der Waals surface area contributed by atoms with Crippen LogP contribution in [-0.4, -0.2) is 12.6 Å². The molecule has 0 heterocycles. The largest absolute Gasteiger partial charge is 0.261 e. The lowest BCUT2D eigenvalue weighted by Crippen LogP contribution is -2.28. The van der Waals surface area contributed by atoms with Gasteiger partial charge in [0.2, 0.25) is 0 Å². The van der Waals surface area contributed by atoms with E-state index < -0.39 is 0 Å². The zero-order chi connectivity index (χ0) is 10.8. The van der Waals surface area contributed by atoms with Gasteiger partial charge in [0.25, 0.3) is 0 Å². The zero-order valence-corrected chi connectivity index (χ0v) is 13.4. The van der Waals surface area contributed by atoms with Gasteiger partial charge in [0.1, 0.15) is 0 Å². The van der Waals surface area contributed by atoms with Crippen LogP contribution in [-0.2, 0) is 0 Å². The van der Waals surface area contributed by atoms with Gasteiger partial charge in [-0.05, 0) is 30.1 Å². The van der Waals surface area contributed by atoms with E-state index in [2.05, 4.69) is 73.6 Å². The van der Waals surface area contributed by atoms with Crippen molar-refractivity contribution in [3.05, 3.63) is 0 Å². The van der Waals surface area contributed by atoms with E-state index in [9.17, 15) is 0 Å². The second-order valence-electron chi connectivity index (χ2n) is 5.35. The van der Waals surface area contributed by atoms with E-state index in [0.29, 0.717) is 5.41 Å². The third kappa shape index (κ3) is 3.45. The van der Waals surface area contributed by atoms with Crippen LogP contribution < -0.4 is 7.06 Å². The predicted octanol–water partition coefficient (Wildman–Crippen LogP) is 3.31. The minimum absolute atomic E-state index is 0.445. The summed E-state index contributed by atoms with van der Waals surface area (Å²) in [7, 11) is 0. The molecule has 84 valence electrons. The second-order valence-corrected chi connectivity index (χ2v) is 6.73. The molecule has 0 aromatic carbocycles. The Morgan fingerprint density at radius 1 is 1.21 bits per heavy atom. The Balaban J connectivity index is 2.62. The highest BCUT2D eigenvalue weighted by molar-refractivity contribution is 14.1. The van der Waals surface area contributed by atoms with E-state index in [1.54, 1.807) is 0 Å². The van der Waals surface area contributed by atoms with Gasteiger partial charge in [0.05, 0.1) is 0 Å². The van der Waals surface area contributed by atoms with Gasteiger partial charge in [0, 0.05) is 58.3 Å². The first-order valence-electron chi connectivity index (χ1n) is 5.18. The highest BCUT2D eigenvalue weighted by Crippen LogP contribution is 2.43. The molecule has 2 N–H and O–H groups in total. The molecule has 2 nitrogen and oxygen atoms in total. The first kappa shape index (κ1) is 13.4. The molecule has 1 saturated carbocycles. The van der Waals surface area contributed by atoms with E-state index in [1.165, 1.54) is 12.8 Å². The summed E-state index contributed by atoms with van der Waals surface area (Å²) in [6, 6.07) is 0.717. The maximum Gasteiger partial charge on any atom is 0.0172 e. The van der Waals surface area contributed by atoms with Crippen molar-refractivity contribution < 1.29 is 0 Å². The summed E-state index contributed by atoms with van der Waals surface area (Å²) in [4.78, 5) is 0. The smallest absolute Gasteiger partial charge is 0.0172 e. The molecule has 1 rings (SSSR count). The van der Waals surface area contributed by atoms with Crippen LogP contribution >= 0.6 is 45.7 Å². The first-order valence-corrected chi connectivity index (χ1v) is 7.34. The normalized spacial score (nSPS) is 33.6. The lowest BCUT2D eigenvalue weighted by atomic mass is 9.75. The van der Waals surface area contributed by atoms with Crippen LogP contribution in [0.4, 0.5) is 0 Å². The number of rotatable bonds is 3. The van der Waals surface area contributed by atoms with Crippen molar-refractivity contribution >= 4 is 45.7 Å². The van der Waals surface area contributed by atoms with Crippen LogP contribution in [0.15, 0.2) is 0 Å². The summed E-state index contributed by atoms with van der Waals surface area (Å²) in [5.41, 5.74) is 0.445. The molecule has 0 bridgehead atoms. The first-order chi connectivity index (χ1) is 6.49. The quantitative estimate of drug-likeness (QED) is 0.539. The van der Waals surface area contributed by atoms with E-state index in [0.717, 1.165) is 24.4 Å². The summed E-state index contributed by atoms with van der Waals surface area (Å²) in [6.07, 6.45) is 2.65. The minimum Gasteiger partial charge on any atom is -0.261 e. The molecule has 0 aliphatic heterocycles. The molecule has 14 heavy (non-hydrogen) atoms. The molecular formula is C10H20I2N2. The van der Waals surface area contributed by atoms with Gasteiger partial charge in [-0.25, -0.2) is 0 Å². The predicted molar refractivity (Wildman–Crippen MR) is 78.6 cm³/mol. The van der Waals surface area contributed by atoms with Crippen LogP contribution in [0, 0.1) is 17.3 Å². The Labute approximate surface area is 115 Å². The molecule has 3 atom stereocenters. The van der Waals surface area contributed by atoms with Gasteiger partial charge in [-0.2, -0.15) is 0 Å². The monoisotopic (exact) mass is 422 g/mol. The summed E-state index contributed by atoms with van der Waals surface area (Å²) in [6.45, 7) is 8.26. The molecule has 1 aliphatic carbocycles. The lowest BCUT2D eigenvalue weighted by molar-refractivity contribution is 0.187. The number of nitrogens with one attached hydrogen (secondary N) is 2. The third-order valence-corrected chi connectivity index (χ3v) is 4.62. The van der Waals surface area contributed by atoms with Gasteiger partial charge < -0.3 is 0 Å². The van der Waals surface area contributed by atoms with Crippen molar-refractivity contribution in [2.45, 2.75) is 39.7 Å². The number of hydrogen-bond acceptors (Lipinski definition) is 2. The summed E-state index contributed by atoms with van der Waals surface area (Å²) < 4.78 is 6.69. The van der Waals surface area contributed by atoms with Crippen molar-refractivity contribution in [1.29, 1.82) is 0 Å². The SMILES string of the molecule is CC(C)(C)C1CC(NI)CC1CNI. The molecule has 1 fully saturated rings. The molecule has 0 aromatic rings. The average Bonchev–Trinajstić information content (AvgIpc) is 2.48. The highest BCUT2D eigenvalue weighted by Gasteiger charge is 2.39. The van der Waals surface area contributed by atoms with Crippen molar-refractivity contribution in [3.8, 4) is 0 Å². The molecule has 3 unspecified atom stereocenters. The molecule has 4 heteroatoms. The average molecular weight is 422 g/mol. The van der Waals surface area contributed by atoms with E-state index in [1.807, 2.05) is 0 Å².